The number of piperidine rings is 1. The fraction of sp³-hybridized carbons (Fsp3) is 0.857. The van der Waals surface area contributed by atoms with E-state index in [9.17, 15) is 8.42 Å². The van der Waals surface area contributed by atoms with Gasteiger partial charge >= 0.3 is 0 Å². The van der Waals surface area contributed by atoms with Crippen LogP contribution in [0.15, 0.2) is 4.52 Å². The van der Waals surface area contributed by atoms with Gasteiger partial charge in [0.2, 0.25) is 0 Å². The fourth-order valence-corrected chi connectivity index (χ4v) is 4.02. The molecular weight excluding hydrogens is 336 g/mol. The molecule has 3 rings (SSSR count). The van der Waals surface area contributed by atoms with E-state index >= 15 is 0 Å². The Labute approximate surface area is 142 Å². The van der Waals surface area contributed by atoms with Crippen LogP contribution in [0.3, 0.4) is 0 Å². The summed E-state index contributed by atoms with van der Waals surface area (Å²) in [4.78, 5) is 4.31. The van der Waals surface area contributed by atoms with E-state index in [2.05, 4.69) is 10.1 Å². The molecule has 0 aliphatic carbocycles. The van der Waals surface area contributed by atoms with Crippen molar-refractivity contribution < 1.29 is 22.4 Å². The van der Waals surface area contributed by atoms with Crippen molar-refractivity contribution in [3.05, 3.63) is 11.7 Å². The molecule has 0 spiro atoms. The van der Waals surface area contributed by atoms with E-state index in [1.54, 1.807) is 14.1 Å². The predicted molar refractivity (Wildman–Crippen MR) is 84.2 cm³/mol. The molecule has 0 bridgehead atoms. The second kappa shape index (κ2) is 7.44. The highest BCUT2D eigenvalue weighted by molar-refractivity contribution is 7.86. The predicted octanol–water partition coefficient (Wildman–Crippen LogP) is 0.709. The lowest BCUT2D eigenvalue weighted by molar-refractivity contribution is 0.00584. The topological polar surface area (TPSA) is 98.0 Å². The van der Waals surface area contributed by atoms with E-state index in [-0.39, 0.29) is 18.8 Å². The zero-order chi connectivity index (χ0) is 17.2. The zero-order valence-corrected chi connectivity index (χ0v) is 14.9. The molecule has 1 aromatic heterocycles. The van der Waals surface area contributed by atoms with Crippen LogP contribution in [0.5, 0.6) is 0 Å². The van der Waals surface area contributed by atoms with Crippen LogP contribution >= 0.6 is 0 Å². The highest BCUT2D eigenvalue weighted by Gasteiger charge is 2.30. The Morgan fingerprint density at radius 3 is 2.67 bits per heavy atom. The molecule has 0 saturated carbocycles. The Hall–Kier alpha value is -1.07. The zero-order valence-electron chi connectivity index (χ0n) is 14.0. The van der Waals surface area contributed by atoms with Crippen molar-refractivity contribution in [3.8, 4) is 0 Å². The van der Waals surface area contributed by atoms with E-state index in [1.807, 2.05) is 0 Å². The molecule has 0 N–H and O–H groups in total. The first-order valence-electron chi connectivity index (χ1n) is 8.20. The smallest absolute Gasteiger partial charge is 0.281 e. The number of rotatable bonds is 6. The third-order valence-corrected chi connectivity index (χ3v) is 6.27. The monoisotopic (exact) mass is 360 g/mol. The third-order valence-electron chi connectivity index (χ3n) is 4.33. The summed E-state index contributed by atoms with van der Waals surface area (Å²) in [5, 5.41) is 3.92. The standard InChI is InChI=1S/C14H24N4O5S/c1-17(2)24(19,20)18-7-5-11(6-8-18)22-10-13-15-14(23-16-13)12-4-3-9-21-12/h11-12H,3-10H2,1-2H3/t12-/m0/s1. The summed E-state index contributed by atoms with van der Waals surface area (Å²) in [5.74, 6) is 1.02. The summed E-state index contributed by atoms with van der Waals surface area (Å²) in [7, 11) is -0.256. The molecule has 2 fully saturated rings. The van der Waals surface area contributed by atoms with Crippen LogP contribution in [0.2, 0.25) is 0 Å². The Morgan fingerprint density at radius 2 is 2.04 bits per heavy atom. The quantitative estimate of drug-likeness (QED) is 0.737. The van der Waals surface area contributed by atoms with Gasteiger partial charge in [-0.25, -0.2) is 0 Å². The van der Waals surface area contributed by atoms with Crippen molar-refractivity contribution in [1.82, 2.24) is 18.8 Å². The summed E-state index contributed by atoms with van der Waals surface area (Å²) < 4.78 is 43.4. The molecule has 2 saturated heterocycles. The average Bonchev–Trinajstić information content (AvgIpc) is 3.24. The summed E-state index contributed by atoms with van der Waals surface area (Å²) in [6.45, 7) is 1.91. The lowest BCUT2D eigenvalue weighted by Gasteiger charge is -2.32. The van der Waals surface area contributed by atoms with Gasteiger partial charge in [0, 0.05) is 33.8 Å². The maximum absolute atomic E-state index is 12.1. The van der Waals surface area contributed by atoms with Crippen LogP contribution in [-0.2, 0) is 26.3 Å². The van der Waals surface area contributed by atoms with Crippen LogP contribution in [0, 0.1) is 0 Å². The summed E-state index contributed by atoms with van der Waals surface area (Å²) >= 11 is 0. The first kappa shape index (κ1) is 17.7. The van der Waals surface area contributed by atoms with Gasteiger partial charge in [-0.3, -0.25) is 0 Å². The molecule has 1 atom stereocenters. The maximum Gasteiger partial charge on any atom is 0.281 e. The summed E-state index contributed by atoms with van der Waals surface area (Å²) in [5.41, 5.74) is 0. The van der Waals surface area contributed by atoms with Crippen molar-refractivity contribution >= 4 is 10.2 Å². The molecule has 3 heterocycles. The maximum atomic E-state index is 12.1. The number of hydrogen-bond donors (Lipinski definition) is 0. The number of ether oxygens (including phenoxy) is 2. The van der Waals surface area contributed by atoms with Crippen molar-refractivity contribution in [2.75, 3.05) is 33.8 Å². The molecule has 0 amide bonds. The lowest BCUT2D eigenvalue weighted by atomic mass is 10.1. The molecule has 1 aromatic rings. The van der Waals surface area contributed by atoms with Gasteiger partial charge in [-0.15, -0.1) is 0 Å². The SMILES string of the molecule is CN(C)S(=O)(=O)N1CCC(OCc2noc([C@@H]3CCCO3)n2)CC1. The van der Waals surface area contributed by atoms with Gasteiger partial charge in [-0.1, -0.05) is 5.16 Å². The molecule has 9 nitrogen and oxygen atoms in total. The van der Waals surface area contributed by atoms with Gasteiger partial charge in [-0.05, 0) is 25.7 Å². The molecule has 24 heavy (non-hydrogen) atoms. The molecule has 2 aliphatic rings. The molecule has 2 aliphatic heterocycles. The molecule has 0 unspecified atom stereocenters. The minimum Gasteiger partial charge on any atom is -0.370 e. The minimum absolute atomic E-state index is 0.00305. The van der Waals surface area contributed by atoms with E-state index in [0.717, 1.165) is 19.4 Å². The number of aromatic nitrogens is 2. The molecule has 0 radical (unpaired) electrons. The van der Waals surface area contributed by atoms with E-state index in [4.69, 9.17) is 14.0 Å². The Kier molecular flexibility index (Phi) is 5.50. The Morgan fingerprint density at radius 1 is 1.29 bits per heavy atom. The van der Waals surface area contributed by atoms with Crippen LogP contribution in [0.1, 0.15) is 43.5 Å². The highest BCUT2D eigenvalue weighted by Crippen LogP contribution is 2.27. The van der Waals surface area contributed by atoms with Crippen LogP contribution in [0.4, 0.5) is 0 Å². The normalized spacial score (nSPS) is 24.0. The van der Waals surface area contributed by atoms with Crippen LogP contribution in [0.25, 0.3) is 0 Å². The van der Waals surface area contributed by atoms with Crippen molar-refractivity contribution in [2.45, 2.75) is 44.5 Å². The summed E-state index contributed by atoms with van der Waals surface area (Å²) in [6.07, 6.45) is 3.13. The van der Waals surface area contributed by atoms with Crippen LogP contribution < -0.4 is 0 Å². The summed E-state index contributed by atoms with van der Waals surface area (Å²) in [6, 6.07) is 0. The average molecular weight is 360 g/mol. The molecule has 136 valence electrons. The van der Waals surface area contributed by atoms with E-state index < -0.39 is 10.2 Å². The van der Waals surface area contributed by atoms with E-state index in [0.29, 0.717) is 37.6 Å². The lowest BCUT2D eigenvalue weighted by Crippen LogP contribution is -2.45. The Balaban J connectivity index is 1.45. The van der Waals surface area contributed by atoms with Crippen molar-refractivity contribution in [1.29, 1.82) is 0 Å². The second-order valence-electron chi connectivity index (χ2n) is 6.25. The van der Waals surface area contributed by atoms with Gasteiger partial charge < -0.3 is 14.0 Å². The number of hydrogen-bond acceptors (Lipinski definition) is 7. The van der Waals surface area contributed by atoms with Crippen molar-refractivity contribution in [2.24, 2.45) is 0 Å². The fourth-order valence-electron chi connectivity index (χ4n) is 2.88. The minimum atomic E-state index is -3.34. The third kappa shape index (κ3) is 3.94. The largest absolute Gasteiger partial charge is 0.370 e. The van der Waals surface area contributed by atoms with Gasteiger partial charge in [0.15, 0.2) is 5.82 Å². The van der Waals surface area contributed by atoms with Crippen molar-refractivity contribution in [3.63, 3.8) is 0 Å². The first-order chi connectivity index (χ1) is 11.5. The van der Waals surface area contributed by atoms with Gasteiger partial charge in [0.1, 0.15) is 12.7 Å². The van der Waals surface area contributed by atoms with Gasteiger partial charge in [0.05, 0.1) is 6.10 Å². The molecule has 10 heteroatoms. The first-order valence-corrected chi connectivity index (χ1v) is 9.60. The van der Waals surface area contributed by atoms with Crippen LogP contribution in [-0.4, -0.2) is 67.1 Å². The number of nitrogens with zero attached hydrogens (tertiary/aromatic N) is 4. The van der Waals surface area contributed by atoms with Gasteiger partial charge in [-0.2, -0.15) is 22.0 Å². The van der Waals surface area contributed by atoms with Gasteiger partial charge in [0.25, 0.3) is 16.1 Å². The molecular formula is C14H24N4O5S. The molecule has 0 aromatic carbocycles. The Bertz CT molecular complexity index is 633. The second-order valence-corrected chi connectivity index (χ2v) is 8.39. The van der Waals surface area contributed by atoms with E-state index in [1.165, 1.54) is 8.61 Å². The highest BCUT2D eigenvalue weighted by atomic mass is 32.2.